The second-order valence-electron chi connectivity index (χ2n) is 2.81. The van der Waals surface area contributed by atoms with Crippen LogP contribution in [0.15, 0.2) is 17.5 Å². The van der Waals surface area contributed by atoms with E-state index in [0.717, 1.165) is 16.5 Å². The molecule has 0 saturated heterocycles. The molecule has 13 heavy (non-hydrogen) atoms. The number of hydrogen-bond donors (Lipinski definition) is 2. The Hall–Kier alpha value is -1.20. The summed E-state index contributed by atoms with van der Waals surface area (Å²) in [5, 5.41) is 8.89. The van der Waals surface area contributed by atoms with Gasteiger partial charge in [0, 0.05) is 0 Å². The zero-order valence-electron chi connectivity index (χ0n) is 7.19. The smallest absolute Gasteiger partial charge is 0.191 e. The Balaban J connectivity index is 2.33. The highest BCUT2D eigenvalue weighted by Crippen LogP contribution is 2.21. The molecular formula is C8H10N4S. The van der Waals surface area contributed by atoms with E-state index in [1.54, 1.807) is 11.3 Å². The molecule has 0 unspecified atom stereocenters. The molecule has 0 aliphatic rings. The number of thiophene rings is 1. The molecule has 2 rings (SSSR count). The highest BCUT2D eigenvalue weighted by molar-refractivity contribution is 7.13. The summed E-state index contributed by atoms with van der Waals surface area (Å²) in [6.07, 6.45) is 0. The van der Waals surface area contributed by atoms with E-state index in [2.05, 4.69) is 15.2 Å². The van der Waals surface area contributed by atoms with E-state index in [-0.39, 0.29) is 6.04 Å². The number of aromatic nitrogens is 3. The highest BCUT2D eigenvalue weighted by atomic mass is 32.1. The summed E-state index contributed by atoms with van der Waals surface area (Å²) in [6.45, 7) is 1.87. The number of H-pyrrole nitrogens is 1. The van der Waals surface area contributed by atoms with Gasteiger partial charge in [-0.1, -0.05) is 6.07 Å². The topological polar surface area (TPSA) is 67.6 Å². The van der Waals surface area contributed by atoms with Gasteiger partial charge in [0.05, 0.1) is 10.9 Å². The first-order valence-electron chi connectivity index (χ1n) is 3.99. The molecule has 0 spiro atoms. The van der Waals surface area contributed by atoms with Crippen molar-refractivity contribution in [2.24, 2.45) is 5.73 Å². The Morgan fingerprint density at radius 3 is 3.00 bits per heavy atom. The van der Waals surface area contributed by atoms with Crippen LogP contribution in [0.4, 0.5) is 0 Å². The summed E-state index contributed by atoms with van der Waals surface area (Å²) >= 11 is 1.62. The minimum absolute atomic E-state index is 0.0961. The van der Waals surface area contributed by atoms with Gasteiger partial charge < -0.3 is 5.73 Å². The quantitative estimate of drug-likeness (QED) is 0.762. The van der Waals surface area contributed by atoms with Gasteiger partial charge >= 0.3 is 0 Å². The number of nitrogens with two attached hydrogens (primary N) is 1. The van der Waals surface area contributed by atoms with E-state index >= 15 is 0 Å². The van der Waals surface area contributed by atoms with Crippen molar-refractivity contribution in [2.75, 3.05) is 0 Å². The molecule has 0 aliphatic carbocycles. The lowest BCUT2D eigenvalue weighted by atomic mass is 10.3. The molecule has 0 aliphatic heterocycles. The maximum atomic E-state index is 5.65. The minimum atomic E-state index is -0.0961. The van der Waals surface area contributed by atoms with Crippen LogP contribution in [0.1, 0.15) is 18.8 Å². The summed E-state index contributed by atoms with van der Waals surface area (Å²) in [4.78, 5) is 5.33. The highest BCUT2D eigenvalue weighted by Gasteiger charge is 2.08. The van der Waals surface area contributed by atoms with Gasteiger partial charge in [-0.3, -0.25) is 5.10 Å². The molecule has 2 aromatic rings. The van der Waals surface area contributed by atoms with Crippen LogP contribution in [0.2, 0.25) is 0 Å². The fourth-order valence-electron chi connectivity index (χ4n) is 0.994. The van der Waals surface area contributed by atoms with Crippen LogP contribution in [0, 0.1) is 0 Å². The van der Waals surface area contributed by atoms with Crippen LogP contribution < -0.4 is 5.73 Å². The number of nitrogens with zero attached hydrogens (tertiary/aromatic N) is 2. The van der Waals surface area contributed by atoms with Crippen molar-refractivity contribution in [2.45, 2.75) is 13.0 Å². The zero-order chi connectivity index (χ0) is 9.26. The standard InChI is InChI=1S/C8H10N4S/c1-5(9)7-10-8(12-11-7)6-3-2-4-13-6/h2-5H,9H2,1H3,(H,10,11,12)/t5-/m0/s1. The molecule has 4 nitrogen and oxygen atoms in total. The third-order valence-electron chi connectivity index (χ3n) is 1.68. The van der Waals surface area contributed by atoms with Crippen LogP contribution in [0.5, 0.6) is 0 Å². The first-order valence-corrected chi connectivity index (χ1v) is 4.87. The van der Waals surface area contributed by atoms with Crippen LogP contribution in [-0.4, -0.2) is 15.2 Å². The lowest BCUT2D eigenvalue weighted by Gasteiger charge is -1.95. The van der Waals surface area contributed by atoms with Crippen molar-refractivity contribution < 1.29 is 0 Å². The predicted octanol–water partition coefficient (Wildman–Crippen LogP) is 1.55. The largest absolute Gasteiger partial charge is 0.322 e. The molecule has 68 valence electrons. The molecule has 0 radical (unpaired) electrons. The van der Waals surface area contributed by atoms with Crippen LogP contribution >= 0.6 is 11.3 Å². The number of hydrogen-bond acceptors (Lipinski definition) is 4. The molecule has 0 fully saturated rings. The lowest BCUT2D eigenvalue weighted by molar-refractivity contribution is 0.745. The maximum Gasteiger partial charge on any atom is 0.191 e. The monoisotopic (exact) mass is 194 g/mol. The average molecular weight is 194 g/mol. The van der Waals surface area contributed by atoms with Gasteiger partial charge in [0.1, 0.15) is 5.82 Å². The predicted molar refractivity (Wildman–Crippen MR) is 52.3 cm³/mol. The molecule has 2 heterocycles. The van der Waals surface area contributed by atoms with Crippen molar-refractivity contribution in [3.8, 4) is 10.7 Å². The van der Waals surface area contributed by atoms with E-state index in [9.17, 15) is 0 Å². The Labute approximate surface area is 79.8 Å². The van der Waals surface area contributed by atoms with E-state index in [0.29, 0.717) is 0 Å². The summed E-state index contributed by atoms with van der Waals surface area (Å²) in [7, 11) is 0. The average Bonchev–Trinajstić information content (AvgIpc) is 2.75. The molecule has 5 heteroatoms. The minimum Gasteiger partial charge on any atom is -0.322 e. The second-order valence-corrected chi connectivity index (χ2v) is 3.76. The summed E-state index contributed by atoms with van der Waals surface area (Å²) in [6, 6.07) is 3.86. The second kappa shape index (κ2) is 3.27. The fourth-order valence-corrected chi connectivity index (χ4v) is 1.65. The zero-order valence-corrected chi connectivity index (χ0v) is 8.01. The lowest BCUT2D eigenvalue weighted by Crippen LogP contribution is -2.06. The Morgan fingerprint density at radius 1 is 1.62 bits per heavy atom. The Morgan fingerprint density at radius 2 is 2.46 bits per heavy atom. The Bertz CT molecular complexity index is 377. The molecule has 0 saturated carbocycles. The fraction of sp³-hybridized carbons (Fsp3) is 0.250. The Kier molecular flexibility index (Phi) is 2.12. The van der Waals surface area contributed by atoms with Crippen molar-refractivity contribution in [3.05, 3.63) is 23.3 Å². The molecule has 0 aromatic carbocycles. The van der Waals surface area contributed by atoms with Gasteiger partial charge in [0.25, 0.3) is 0 Å². The van der Waals surface area contributed by atoms with Crippen LogP contribution in [0.25, 0.3) is 10.7 Å². The molecule has 2 aromatic heterocycles. The van der Waals surface area contributed by atoms with Gasteiger partial charge in [-0.15, -0.1) is 11.3 Å². The summed E-state index contributed by atoms with van der Waals surface area (Å²) in [5.41, 5.74) is 5.65. The molecule has 1 atom stereocenters. The van der Waals surface area contributed by atoms with Crippen LogP contribution in [0.3, 0.4) is 0 Å². The van der Waals surface area contributed by atoms with Gasteiger partial charge in [-0.25, -0.2) is 4.98 Å². The number of rotatable bonds is 2. The van der Waals surface area contributed by atoms with Gasteiger partial charge in [-0.2, -0.15) is 5.10 Å². The summed E-state index contributed by atoms with van der Waals surface area (Å²) in [5.74, 6) is 1.45. The third kappa shape index (κ3) is 1.61. The van der Waals surface area contributed by atoms with E-state index < -0.39 is 0 Å². The SMILES string of the molecule is C[C@H](N)c1nc(-c2cccs2)n[nH]1. The van der Waals surface area contributed by atoms with Crippen molar-refractivity contribution >= 4 is 11.3 Å². The third-order valence-corrected chi connectivity index (χ3v) is 2.54. The van der Waals surface area contributed by atoms with Crippen LogP contribution in [-0.2, 0) is 0 Å². The van der Waals surface area contributed by atoms with Gasteiger partial charge in [0.2, 0.25) is 0 Å². The van der Waals surface area contributed by atoms with Crippen molar-refractivity contribution in [1.29, 1.82) is 0 Å². The van der Waals surface area contributed by atoms with Crippen molar-refractivity contribution in [3.63, 3.8) is 0 Å². The number of aromatic amines is 1. The van der Waals surface area contributed by atoms with E-state index in [4.69, 9.17) is 5.73 Å². The van der Waals surface area contributed by atoms with Crippen molar-refractivity contribution in [1.82, 2.24) is 15.2 Å². The molecule has 0 amide bonds. The first kappa shape index (κ1) is 8.40. The van der Waals surface area contributed by atoms with Gasteiger partial charge in [-0.05, 0) is 18.4 Å². The van der Waals surface area contributed by atoms with E-state index in [1.807, 2.05) is 24.4 Å². The van der Waals surface area contributed by atoms with Gasteiger partial charge in [0.15, 0.2) is 5.82 Å². The first-order chi connectivity index (χ1) is 6.27. The summed E-state index contributed by atoms with van der Waals surface area (Å²) < 4.78 is 0. The maximum absolute atomic E-state index is 5.65. The molecular weight excluding hydrogens is 184 g/mol. The number of nitrogens with one attached hydrogen (secondary N) is 1. The molecule has 0 bridgehead atoms. The molecule has 3 N–H and O–H groups in total. The van der Waals surface area contributed by atoms with E-state index in [1.165, 1.54) is 0 Å². The normalized spacial score (nSPS) is 13.1.